The van der Waals surface area contributed by atoms with Crippen molar-refractivity contribution in [1.29, 1.82) is 0 Å². The summed E-state index contributed by atoms with van der Waals surface area (Å²) in [7, 11) is 1.66. The van der Waals surface area contributed by atoms with Crippen molar-refractivity contribution in [1.82, 2.24) is 5.32 Å². The lowest BCUT2D eigenvalue weighted by atomic mass is 9.87. The van der Waals surface area contributed by atoms with Crippen molar-refractivity contribution in [3.63, 3.8) is 0 Å². The first-order valence-electron chi connectivity index (χ1n) is 4.92. The van der Waals surface area contributed by atoms with E-state index in [2.05, 4.69) is 5.32 Å². The molecule has 0 amide bonds. The van der Waals surface area contributed by atoms with Crippen LogP contribution < -0.4 is 5.32 Å². The average molecular weight is 207 g/mol. The minimum atomic E-state index is -1.02. The SMILES string of the molecule is CNC(C)(C(=O)O)c1cc(C)ccc1C. The maximum atomic E-state index is 11.3. The van der Waals surface area contributed by atoms with E-state index in [0.29, 0.717) is 0 Å². The van der Waals surface area contributed by atoms with Gasteiger partial charge in [0.2, 0.25) is 0 Å². The number of benzene rings is 1. The largest absolute Gasteiger partial charge is 0.480 e. The quantitative estimate of drug-likeness (QED) is 0.795. The number of nitrogens with one attached hydrogen (secondary N) is 1. The Balaban J connectivity index is 3.35. The number of likely N-dealkylation sites (N-methyl/N-ethyl adjacent to an activating group) is 1. The molecule has 0 aliphatic rings. The Kier molecular flexibility index (Phi) is 3.15. The molecule has 3 nitrogen and oxygen atoms in total. The van der Waals surface area contributed by atoms with E-state index >= 15 is 0 Å². The van der Waals surface area contributed by atoms with Crippen molar-refractivity contribution in [2.24, 2.45) is 0 Å². The highest BCUT2D eigenvalue weighted by molar-refractivity contribution is 5.80. The molecule has 1 atom stereocenters. The van der Waals surface area contributed by atoms with Crippen LogP contribution in [0.4, 0.5) is 0 Å². The smallest absolute Gasteiger partial charge is 0.328 e. The van der Waals surface area contributed by atoms with Crippen molar-refractivity contribution >= 4 is 5.97 Å². The van der Waals surface area contributed by atoms with Crippen molar-refractivity contribution in [3.05, 3.63) is 34.9 Å². The van der Waals surface area contributed by atoms with Crippen LogP contribution in [0.2, 0.25) is 0 Å². The zero-order valence-electron chi connectivity index (χ0n) is 9.59. The van der Waals surface area contributed by atoms with Gasteiger partial charge in [-0.15, -0.1) is 0 Å². The summed E-state index contributed by atoms with van der Waals surface area (Å²) < 4.78 is 0. The standard InChI is InChI=1S/C12H17NO2/c1-8-5-6-9(2)10(7-8)12(3,13-4)11(14)15/h5-7,13H,1-4H3,(H,14,15). The summed E-state index contributed by atoms with van der Waals surface area (Å²) in [4.78, 5) is 11.3. The van der Waals surface area contributed by atoms with Crippen LogP contribution >= 0.6 is 0 Å². The molecule has 1 aromatic carbocycles. The van der Waals surface area contributed by atoms with Crippen LogP contribution in [0.25, 0.3) is 0 Å². The Morgan fingerprint density at radius 3 is 2.47 bits per heavy atom. The number of carbonyl (C=O) groups is 1. The van der Waals surface area contributed by atoms with E-state index < -0.39 is 11.5 Å². The first kappa shape index (κ1) is 11.7. The molecule has 0 aromatic heterocycles. The second kappa shape index (κ2) is 4.03. The molecule has 1 unspecified atom stereocenters. The normalized spacial score (nSPS) is 14.7. The summed E-state index contributed by atoms with van der Waals surface area (Å²) in [5, 5.41) is 12.1. The van der Waals surface area contributed by atoms with Crippen LogP contribution in [0.3, 0.4) is 0 Å². The lowest BCUT2D eigenvalue weighted by molar-refractivity contribution is -0.144. The lowest BCUT2D eigenvalue weighted by Gasteiger charge is -2.26. The first-order chi connectivity index (χ1) is 6.91. The molecule has 15 heavy (non-hydrogen) atoms. The summed E-state index contributed by atoms with van der Waals surface area (Å²) in [6, 6.07) is 5.85. The van der Waals surface area contributed by atoms with Gasteiger partial charge in [0.25, 0.3) is 0 Å². The predicted octanol–water partition coefficient (Wildman–Crippen LogP) is 1.82. The number of carboxylic acid groups (broad SMARTS) is 1. The van der Waals surface area contributed by atoms with Crippen LogP contribution in [-0.2, 0) is 10.3 Å². The molecule has 0 aliphatic heterocycles. The van der Waals surface area contributed by atoms with Gasteiger partial charge in [-0.1, -0.05) is 23.8 Å². The molecular formula is C12H17NO2. The third kappa shape index (κ3) is 2.02. The van der Waals surface area contributed by atoms with Crippen LogP contribution in [0.5, 0.6) is 0 Å². The van der Waals surface area contributed by atoms with E-state index in [1.54, 1.807) is 14.0 Å². The van der Waals surface area contributed by atoms with Crippen molar-refractivity contribution in [2.45, 2.75) is 26.3 Å². The Bertz CT molecular complexity index is 387. The molecule has 0 radical (unpaired) electrons. The van der Waals surface area contributed by atoms with Gasteiger partial charge in [-0.05, 0) is 38.9 Å². The molecule has 3 heteroatoms. The van der Waals surface area contributed by atoms with E-state index in [-0.39, 0.29) is 0 Å². The van der Waals surface area contributed by atoms with Gasteiger partial charge in [0.05, 0.1) is 0 Å². The molecule has 0 bridgehead atoms. The van der Waals surface area contributed by atoms with E-state index in [1.165, 1.54) is 0 Å². The zero-order chi connectivity index (χ0) is 11.6. The van der Waals surface area contributed by atoms with Crippen LogP contribution in [0.1, 0.15) is 23.6 Å². The molecule has 1 aromatic rings. The van der Waals surface area contributed by atoms with E-state index in [9.17, 15) is 9.90 Å². The minimum Gasteiger partial charge on any atom is -0.480 e. The third-order valence-electron chi connectivity index (χ3n) is 2.86. The van der Waals surface area contributed by atoms with Crippen LogP contribution in [-0.4, -0.2) is 18.1 Å². The zero-order valence-corrected chi connectivity index (χ0v) is 9.59. The number of carboxylic acids is 1. The number of aryl methyl sites for hydroxylation is 2. The van der Waals surface area contributed by atoms with E-state index in [0.717, 1.165) is 16.7 Å². The molecule has 0 heterocycles. The molecule has 0 saturated heterocycles. The van der Waals surface area contributed by atoms with Gasteiger partial charge in [-0.3, -0.25) is 0 Å². The third-order valence-corrected chi connectivity index (χ3v) is 2.86. The van der Waals surface area contributed by atoms with Gasteiger partial charge in [0.15, 0.2) is 0 Å². The highest BCUT2D eigenvalue weighted by Gasteiger charge is 2.34. The molecule has 0 spiro atoms. The summed E-state index contributed by atoms with van der Waals surface area (Å²) in [5.41, 5.74) is 1.85. The lowest BCUT2D eigenvalue weighted by Crippen LogP contribution is -2.45. The highest BCUT2D eigenvalue weighted by atomic mass is 16.4. The predicted molar refractivity (Wildman–Crippen MR) is 60.0 cm³/mol. The first-order valence-corrected chi connectivity index (χ1v) is 4.92. The molecule has 82 valence electrons. The van der Waals surface area contributed by atoms with Crippen molar-refractivity contribution < 1.29 is 9.90 Å². The minimum absolute atomic E-state index is 0.817. The molecule has 1 rings (SSSR count). The summed E-state index contributed by atoms with van der Waals surface area (Å²) in [6.07, 6.45) is 0. The maximum Gasteiger partial charge on any atom is 0.328 e. The Morgan fingerprint density at radius 2 is 2.00 bits per heavy atom. The number of hydrogen-bond donors (Lipinski definition) is 2. The summed E-state index contributed by atoms with van der Waals surface area (Å²) >= 11 is 0. The highest BCUT2D eigenvalue weighted by Crippen LogP contribution is 2.25. The van der Waals surface area contributed by atoms with Gasteiger partial charge in [0, 0.05) is 0 Å². The molecule has 0 aliphatic carbocycles. The molecule has 2 N–H and O–H groups in total. The maximum absolute atomic E-state index is 11.3. The Hall–Kier alpha value is -1.35. The Labute approximate surface area is 90.1 Å². The fourth-order valence-electron chi connectivity index (χ4n) is 1.63. The molecule has 0 fully saturated rings. The average Bonchev–Trinajstić information content (AvgIpc) is 2.20. The van der Waals surface area contributed by atoms with Gasteiger partial charge in [-0.2, -0.15) is 0 Å². The van der Waals surface area contributed by atoms with Gasteiger partial charge in [0.1, 0.15) is 5.54 Å². The Morgan fingerprint density at radius 1 is 1.40 bits per heavy atom. The molecular weight excluding hydrogens is 190 g/mol. The monoisotopic (exact) mass is 207 g/mol. The van der Waals surface area contributed by atoms with Gasteiger partial charge >= 0.3 is 5.97 Å². The van der Waals surface area contributed by atoms with Crippen molar-refractivity contribution in [3.8, 4) is 0 Å². The fourth-order valence-corrected chi connectivity index (χ4v) is 1.63. The van der Waals surface area contributed by atoms with Gasteiger partial charge in [-0.25, -0.2) is 4.79 Å². The number of hydrogen-bond acceptors (Lipinski definition) is 2. The number of rotatable bonds is 3. The summed E-state index contributed by atoms with van der Waals surface area (Å²) in [6.45, 7) is 5.56. The van der Waals surface area contributed by atoms with E-state index in [1.807, 2.05) is 32.0 Å². The molecule has 0 saturated carbocycles. The van der Waals surface area contributed by atoms with Crippen LogP contribution in [0, 0.1) is 13.8 Å². The topological polar surface area (TPSA) is 49.3 Å². The van der Waals surface area contributed by atoms with Crippen molar-refractivity contribution in [2.75, 3.05) is 7.05 Å². The fraction of sp³-hybridized carbons (Fsp3) is 0.417. The number of aliphatic carboxylic acids is 1. The summed E-state index contributed by atoms with van der Waals surface area (Å²) in [5.74, 6) is -0.862. The van der Waals surface area contributed by atoms with Crippen LogP contribution in [0.15, 0.2) is 18.2 Å². The second-order valence-corrected chi connectivity index (χ2v) is 4.00. The van der Waals surface area contributed by atoms with E-state index in [4.69, 9.17) is 0 Å². The second-order valence-electron chi connectivity index (χ2n) is 4.00. The van der Waals surface area contributed by atoms with Gasteiger partial charge < -0.3 is 10.4 Å².